The molecule has 1 aromatic heterocycles. The van der Waals surface area contributed by atoms with Crippen LogP contribution in [0.25, 0.3) is 10.4 Å². The molecule has 1 heterocycles. The number of rotatable bonds is 4. The molecule has 0 aliphatic heterocycles. The highest BCUT2D eigenvalue weighted by atomic mass is 35.5. The van der Waals surface area contributed by atoms with Crippen LogP contribution in [0, 0.1) is 6.92 Å². The second kappa shape index (κ2) is 5.67. The minimum Gasteiger partial charge on any atom is -0.313 e. The molecular formula is C14H16ClNS. The molecule has 1 aromatic carbocycles. The fourth-order valence-corrected chi connectivity index (χ4v) is 3.10. The average Bonchev–Trinajstić information content (AvgIpc) is 2.73. The number of nitrogens with one attached hydrogen (secondary N) is 1. The van der Waals surface area contributed by atoms with Crippen molar-refractivity contribution in [2.45, 2.75) is 20.4 Å². The summed E-state index contributed by atoms with van der Waals surface area (Å²) in [6.45, 7) is 6.18. The van der Waals surface area contributed by atoms with Crippen molar-refractivity contribution < 1.29 is 0 Å². The molecule has 0 saturated heterocycles. The highest BCUT2D eigenvalue weighted by Gasteiger charge is 2.08. The lowest BCUT2D eigenvalue weighted by molar-refractivity contribution is 0.726. The van der Waals surface area contributed by atoms with Gasteiger partial charge in [-0.05, 0) is 41.6 Å². The van der Waals surface area contributed by atoms with E-state index in [2.05, 4.69) is 37.4 Å². The third-order valence-corrected chi connectivity index (χ3v) is 4.11. The molecule has 0 fully saturated rings. The molecule has 0 radical (unpaired) electrons. The zero-order chi connectivity index (χ0) is 12.3. The molecule has 90 valence electrons. The minimum atomic E-state index is 0.845. The summed E-state index contributed by atoms with van der Waals surface area (Å²) in [6.07, 6.45) is 0. The standard InChI is InChI=1S/C14H16ClNS/c1-3-16-9-11-4-5-12(10(2)8-11)14-13(15)6-7-17-14/h4-8,16H,3,9H2,1-2H3. The van der Waals surface area contributed by atoms with Crippen molar-refractivity contribution in [3.8, 4) is 10.4 Å². The fourth-order valence-electron chi connectivity index (χ4n) is 1.85. The summed E-state index contributed by atoms with van der Waals surface area (Å²) in [4.78, 5) is 1.17. The average molecular weight is 266 g/mol. The van der Waals surface area contributed by atoms with E-state index in [0.29, 0.717) is 0 Å². The zero-order valence-electron chi connectivity index (χ0n) is 10.1. The van der Waals surface area contributed by atoms with E-state index in [1.54, 1.807) is 11.3 Å². The van der Waals surface area contributed by atoms with Crippen molar-refractivity contribution in [2.24, 2.45) is 0 Å². The quantitative estimate of drug-likeness (QED) is 0.859. The van der Waals surface area contributed by atoms with Gasteiger partial charge in [0.25, 0.3) is 0 Å². The summed E-state index contributed by atoms with van der Waals surface area (Å²) in [6, 6.07) is 8.52. The summed E-state index contributed by atoms with van der Waals surface area (Å²) >= 11 is 7.86. The third-order valence-electron chi connectivity index (χ3n) is 2.73. The van der Waals surface area contributed by atoms with Crippen molar-refractivity contribution in [3.05, 3.63) is 45.8 Å². The molecule has 0 bridgehead atoms. The van der Waals surface area contributed by atoms with Crippen molar-refractivity contribution in [1.29, 1.82) is 0 Å². The van der Waals surface area contributed by atoms with Gasteiger partial charge in [0.2, 0.25) is 0 Å². The number of halogens is 1. The van der Waals surface area contributed by atoms with Gasteiger partial charge in [0.05, 0.1) is 9.90 Å². The van der Waals surface area contributed by atoms with Crippen LogP contribution in [0.1, 0.15) is 18.1 Å². The van der Waals surface area contributed by atoms with Crippen molar-refractivity contribution in [2.75, 3.05) is 6.54 Å². The molecule has 3 heteroatoms. The van der Waals surface area contributed by atoms with E-state index >= 15 is 0 Å². The van der Waals surface area contributed by atoms with E-state index in [4.69, 9.17) is 11.6 Å². The van der Waals surface area contributed by atoms with Crippen molar-refractivity contribution in [3.63, 3.8) is 0 Å². The topological polar surface area (TPSA) is 12.0 Å². The van der Waals surface area contributed by atoms with Gasteiger partial charge in [-0.25, -0.2) is 0 Å². The molecular weight excluding hydrogens is 250 g/mol. The molecule has 0 amide bonds. The van der Waals surface area contributed by atoms with Gasteiger partial charge in [0, 0.05) is 6.54 Å². The first kappa shape index (κ1) is 12.6. The zero-order valence-corrected chi connectivity index (χ0v) is 11.7. The molecule has 2 aromatic rings. The summed E-state index contributed by atoms with van der Waals surface area (Å²) in [7, 11) is 0. The Morgan fingerprint density at radius 1 is 1.29 bits per heavy atom. The number of hydrogen-bond acceptors (Lipinski definition) is 2. The Morgan fingerprint density at radius 2 is 2.12 bits per heavy atom. The smallest absolute Gasteiger partial charge is 0.0592 e. The summed E-state index contributed by atoms with van der Waals surface area (Å²) in [5, 5.41) is 6.21. The van der Waals surface area contributed by atoms with Gasteiger partial charge in [-0.3, -0.25) is 0 Å². The SMILES string of the molecule is CCNCc1ccc(-c2sccc2Cl)c(C)c1. The summed E-state index contributed by atoms with van der Waals surface area (Å²) < 4.78 is 0. The summed E-state index contributed by atoms with van der Waals surface area (Å²) in [5.41, 5.74) is 3.84. The first-order valence-electron chi connectivity index (χ1n) is 5.76. The van der Waals surface area contributed by atoms with E-state index in [0.717, 1.165) is 18.1 Å². The largest absolute Gasteiger partial charge is 0.313 e. The first-order valence-corrected chi connectivity index (χ1v) is 7.01. The lowest BCUT2D eigenvalue weighted by atomic mass is 10.0. The Bertz CT molecular complexity index is 505. The van der Waals surface area contributed by atoms with Gasteiger partial charge in [-0.15, -0.1) is 11.3 Å². The van der Waals surface area contributed by atoms with Crippen LogP contribution >= 0.6 is 22.9 Å². The number of aryl methyl sites for hydroxylation is 1. The number of benzene rings is 1. The Labute approximate surface area is 111 Å². The second-order valence-electron chi connectivity index (χ2n) is 4.03. The minimum absolute atomic E-state index is 0.845. The van der Waals surface area contributed by atoms with Crippen LogP contribution in [-0.2, 0) is 6.54 Å². The van der Waals surface area contributed by atoms with Crippen LogP contribution in [0.15, 0.2) is 29.6 Å². The van der Waals surface area contributed by atoms with E-state index in [1.165, 1.54) is 21.6 Å². The number of hydrogen-bond donors (Lipinski definition) is 1. The Balaban J connectivity index is 2.29. The van der Waals surface area contributed by atoms with Crippen molar-refractivity contribution in [1.82, 2.24) is 5.32 Å². The van der Waals surface area contributed by atoms with E-state index < -0.39 is 0 Å². The molecule has 0 spiro atoms. The van der Waals surface area contributed by atoms with Crippen LogP contribution in [0.3, 0.4) is 0 Å². The Morgan fingerprint density at radius 3 is 2.71 bits per heavy atom. The van der Waals surface area contributed by atoms with Crippen LogP contribution in [-0.4, -0.2) is 6.54 Å². The Hall–Kier alpha value is -0.830. The van der Waals surface area contributed by atoms with Crippen LogP contribution in [0.5, 0.6) is 0 Å². The molecule has 1 nitrogen and oxygen atoms in total. The molecule has 0 aliphatic carbocycles. The van der Waals surface area contributed by atoms with E-state index in [-0.39, 0.29) is 0 Å². The molecule has 0 unspecified atom stereocenters. The fraction of sp³-hybridized carbons (Fsp3) is 0.286. The van der Waals surface area contributed by atoms with Gasteiger partial charge < -0.3 is 5.32 Å². The third kappa shape index (κ3) is 2.89. The Kier molecular flexibility index (Phi) is 4.21. The lowest BCUT2D eigenvalue weighted by Crippen LogP contribution is -2.11. The van der Waals surface area contributed by atoms with Crippen LogP contribution < -0.4 is 5.32 Å². The predicted molar refractivity (Wildman–Crippen MR) is 76.9 cm³/mol. The van der Waals surface area contributed by atoms with Crippen LogP contribution in [0.4, 0.5) is 0 Å². The second-order valence-corrected chi connectivity index (χ2v) is 5.35. The van der Waals surface area contributed by atoms with Gasteiger partial charge in [0.1, 0.15) is 0 Å². The predicted octanol–water partition coefficient (Wildman–Crippen LogP) is 4.49. The highest BCUT2D eigenvalue weighted by molar-refractivity contribution is 7.14. The molecule has 0 aliphatic rings. The van der Waals surface area contributed by atoms with Gasteiger partial charge in [-0.2, -0.15) is 0 Å². The van der Waals surface area contributed by atoms with E-state index in [9.17, 15) is 0 Å². The maximum Gasteiger partial charge on any atom is 0.0592 e. The molecule has 0 saturated carbocycles. The maximum atomic E-state index is 6.17. The van der Waals surface area contributed by atoms with Gasteiger partial charge in [0.15, 0.2) is 0 Å². The molecule has 1 N–H and O–H groups in total. The first-order chi connectivity index (χ1) is 8.22. The maximum absolute atomic E-state index is 6.17. The van der Waals surface area contributed by atoms with Gasteiger partial charge >= 0.3 is 0 Å². The van der Waals surface area contributed by atoms with E-state index in [1.807, 2.05) is 11.4 Å². The molecule has 0 atom stereocenters. The lowest BCUT2D eigenvalue weighted by Gasteiger charge is -2.08. The number of thiophene rings is 1. The van der Waals surface area contributed by atoms with Gasteiger partial charge in [-0.1, -0.05) is 36.7 Å². The highest BCUT2D eigenvalue weighted by Crippen LogP contribution is 2.35. The molecule has 2 rings (SSSR count). The summed E-state index contributed by atoms with van der Waals surface area (Å²) in [5.74, 6) is 0. The molecule has 17 heavy (non-hydrogen) atoms. The van der Waals surface area contributed by atoms with Crippen LogP contribution in [0.2, 0.25) is 5.02 Å². The normalized spacial score (nSPS) is 10.8. The monoisotopic (exact) mass is 265 g/mol. The van der Waals surface area contributed by atoms with Crippen molar-refractivity contribution >= 4 is 22.9 Å².